The van der Waals surface area contributed by atoms with Gasteiger partial charge in [0.15, 0.2) is 0 Å². The van der Waals surface area contributed by atoms with Gasteiger partial charge in [0.2, 0.25) is 10.0 Å². The number of rotatable bonds is 4. The fraction of sp³-hybridized carbons (Fsp3) is 0.250. The zero-order valence-corrected chi connectivity index (χ0v) is 11.9. The van der Waals surface area contributed by atoms with Gasteiger partial charge in [-0.3, -0.25) is 0 Å². The third-order valence-corrected chi connectivity index (χ3v) is 4.77. The van der Waals surface area contributed by atoms with Gasteiger partial charge in [0.05, 0.1) is 6.54 Å². The maximum Gasteiger partial charge on any atom is 0.246 e. The topological polar surface area (TPSA) is 81.2 Å². The zero-order valence-electron chi connectivity index (χ0n) is 11.1. The molecule has 0 radical (unpaired) electrons. The van der Waals surface area contributed by atoms with E-state index < -0.39 is 20.7 Å². The third kappa shape index (κ3) is 2.66. The van der Waals surface area contributed by atoms with Gasteiger partial charge in [0.25, 0.3) is 0 Å². The van der Waals surface area contributed by atoms with Crippen LogP contribution in [-0.2, 0) is 23.6 Å². The van der Waals surface area contributed by atoms with E-state index in [4.69, 9.17) is 5.73 Å². The Hall–Kier alpha value is -1.93. The van der Waals surface area contributed by atoms with Crippen molar-refractivity contribution in [2.75, 3.05) is 12.8 Å². The van der Waals surface area contributed by atoms with Gasteiger partial charge in [-0.05, 0) is 18.2 Å². The van der Waals surface area contributed by atoms with Crippen molar-refractivity contribution in [1.29, 1.82) is 0 Å². The molecule has 0 aliphatic rings. The van der Waals surface area contributed by atoms with Crippen molar-refractivity contribution < 1.29 is 12.8 Å². The van der Waals surface area contributed by atoms with Gasteiger partial charge in [0, 0.05) is 32.2 Å². The van der Waals surface area contributed by atoms with Crippen LogP contribution in [0, 0.1) is 5.82 Å². The van der Waals surface area contributed by atoms with E-state index in [0.717, 1.165) is 16.4 Å². The molecule has 0 bridgehead atoms. The Morgan fingerprint density at radius 3 is 2.70 bits per heavy atom. The summed E-state index contributed by atoms with van der Waals surface area (Å²) in [7, 11) is -0.798. The van der Waals surface area contributed by atoms with Crippen LogP contribution in [0.3, 0.4) is 0 Å². The molecule has 0 amide bonds. The molecule has 2 rings (SSSR count). The number of aryl methyl sites for hydroxylation is 1. The van der Waals surface area contributed by atoms with Crippen LogP contribution in [0.25, 0.3) is 0 Å². The maximum absolute atomic E-state index is 13.8. The molecule has 0 spiro atoms. The normalized spacial score (nSPS) is 12.0. The molecule has 8 heteroatoms. The highest BCUT2D eigenvalue weighted by atomic mass is 32.2. The van der Waals surface area contributed by atoms with Gasteiger partial charge in [-0.1, -0.05) is 0 Å². The Morgan fingerprint density at radius 1 is 1.45 bits per heavy atom. The second kappa shape index (κ2) is 5.22. The lowest BCUT2D eigenvalue weighted by atomic mass is 10.3. The first kappa shape index (κ1) is 14.5. The molecule has 0 aliphatic heterocycles. The summed E-state index contributed by atoms with van der Waals surface area (Å²) in [6.07, 6.45) is 3.28. The number of hydrogen-bond acceptors (Lipinski definition) is 4. The molecule has 2 aromatic rings. The second-order valence-electron chi connectivity index (χ2n) is 4.41. The summed E-state index contributed by atoms with van der Waals surface area (Å²) in [6, 6.07) is 3.50. The molecule has 0 aliphatic carbocycles. The second-order valence-corrected chi connectivity index (χ2v) is 6.42. The van der Waals surface area contributed by atoms with Gasteiger partial charge in [0.1, 0.15) is 16.5 Å². The van der Waals surface area contributed by atoms with Gasteiger partial charge < -0.3 is 10.3 Å². The molecule has 108 valence electrons. The van der Waals surface area contributed by atoms with Crippen molar-refractivity contribution in [2.24, 2.45) is 7.05 Å². The minimum Gasteiger partial charge on any atom is -0.399 e. The quantitative estimate of drug-likeness (QED) is 0.853. The minimum absolute atomic E-state index is 0.0512. The van der Waals surface area contributed by atoms with Crippen molar-refractivity contribution >= 4 is 15.7 Å². The van der Waals surface area contributed by atoms with Crippen molar-refractivity contribution in [1.82, 2.24) is 13.9 Å². The molecular formula is C12H15FN4O2S. The summed E-state index contributed by atoms with van der Waals surface area (Å²) in [5.41, 5.74) is 5.59. The van der Waals surface area contributed by atoms with Gasteiger partial charge in [-0.15, -0.1) is 0 Å². The first-order valence-corrected chi connectivity index (χ1v) is 7.24. The molecule has 20 heavy (non-hydrogen) atoms. The van der Waals surface area contributed by atoms with E-state index in [0.29, 0.717) is 5.82 Å². The van der Waals surface area contributed by atoms with E-state index >= 15 is 0 Å². The molecular weight excluding hydrogens is 283 g/mol. The van der Waals surface area contributed by atoms with Crippen molar-refractivity contribution in [2.45, 2.75) is 11.4 Å². The van der Waals surface area contributed by atoms with E-state index in [1.807, 2.05) is 0 Å². The van der Waals surface area contributed by atoms with E-state index in [-0.39, 0.29) is 12.2 Å². The van der Waals surface area contributed by atoms with Gasteiger partial charge >= 0.3 is 0 Å². The van der Waals surface area contributed by atoms with Crippen LogP contribution < -0.4 is 5.73 Å². The lowest BCUT2D eigenvalue weighted by molar-refractivity contribution is 0.446. The Labute approximate surface area is 116 Å². The number of nitrogens with zero attached hydrogens (tertiary/aromatic N) is 3. The molecule has 0 saturated carbocycles. The Kier molecular flexibility index (Phi) is 3.78. The fourth-order valence-corrected chi connectivity index (χ4v) is 2.89. The molecule has 6 nitrogen and oxygen atoms in total. The van der Waals surface area contributed by atoms with Crippen molar-refractivity contribution in [3.63, 3.8) is 0 Å². The average Bonchev–Trinajstić information content (AvgIpc) is 2.74. The number of anilines is 1. The number of nitrogens with two attached hydrogens (primary N) is 1. The largest absolute Gasteiger partial charge is 0.399 e. The SMILES string of the molecule is CN(Cc1nccn1C)S(=O)(=O)c1ccc(N)cc1F. The highest BCUT2D eigenvalue weighted by Crippen LogP contribution is 2.21. The van der Waals surface area contributed by atoms with Crippen LogP contribution >= 0.6 is 0 Å². The molecule has 0 atom stereocenters. The summed E-state index contributed by atoms with van der Waals surface area (Å²) in [5, 5.41) is 0. The fourth-order valence-electron chi connectivity index (χ4n) is 1.73. The number of aromatic nitrogens is 2. The predicted molar refractivity (Wildman–Crippen MR) is 72.7 cm³/mol. The number of sulfonamides is 1. The van der Waals surface area contributed by atoms with Crippen molar-refractivity contribution in [3.05, 3.63) is 42.2 Å². The molecule has 1 aromatic heterocycles. The standard InChI is InChI=1S/C12H15FN4O2S/c1-16-6-5-15-12(16)8-17(2)20(18,19)11-4-3-9(14)7-10(11)13/h3-7H,8,14H2,1-2H3. The Bertz CT molecular complexity index is 727. The minimum atomic E-state index is -3.93. The number of imidazole rings is 1. The van der Waals surface area contributed by atoms with E-state index in [1.54, 1.807) is 24.0 Å². The highest BCUT2D eigenvalue weighted by molar-refractivity contribution is 7.89. The molecule has 0 unspecified atom stereocenters. The zero-order chi connectivity index (χ0) is 14.9. The summed E-state index contributed by atoms with van der Waals surface area (Å²) < 4.78 is 41.1. The summed E-state index contributed by atoms with van der Waals surface area (Å²) in [5.74, 6) is -0.302. The number of hydrogen-bond donors (Lipinski definition) is 1. The molecule has 1 aromatic carbocycles. The summed E-state index contributed by atoms with van der Waals surface area (Å²) in [4.78, 5) is 3.64. The molecule has 0 saturated heterocycles. The highest BCUT2D eigenvalue weighted by Gasteiger charge is 2.25. The summed E-state index contributed by atoms with van der Waals surface area (Å²) in [6.45, 7) is 0.0512. The summed E-state index contributed by atoms with van der Waals surface area (Å²) >= 11 is 0. The van der Waals surface area contributed by atoms with E-state index in [2.05, 4.69) is 4.98 Å². The van der Waals surface area contributed by atoms with Crippen LogP contribution in [0.4, 0.5) is 10.1 Å². The van der Waals surface area contributed by atoms with Gasteiger partial charge in [-0.2, -0.15) is 4.31 Å². The van der Waals surface area contributed by atoms with E-state index in [9.17, 15) is 12.8 Å². The Morgan fingerprint density at radius 2 is 2.15 bits per heavy atom. The van der Waals surface area contributed by atoms with Crippen LogP contribution in [0.2, 0.25) is 0 Å². The Balaban J connectivity index is 2.32. The van der Waals surface area contributed by atoms with Crippen LogP contribution in [-0.4, -0.2) is 29.3 Å². The van der Waals surface area contributed by atoms with Crippen LogP contribution in [0.15, 0.2) is 35.5 Å². The molecule has 1 heterocycles. The monoisotopic (exact) mass is 298 g/mol. The lowest BCUT2D eigenvalue weighted by Crippen LogP contribution is -2.28. The number of benzene rings is 1. The first-order chi connectivity index (χ1) is 9.32. The number of nitrogen functional groups attached to an aromatic ring is 1. The van der Waals surface area contributed by atoms with Crippen LogP contribution in [0.5, 0.6) is 0 Å². The average molecular weight is 298 g/mol. The lowest BCUT2D eigenvalue weighted by Gasteiger charge is -2.17. The number of halogens is 1. The predicted octanol–water partition coefficient (Wildman–Crippen LogP) is 0.962. The molecule has 2 N–H and O–H groups in total. The van der Waals surface area contributed by atoms with Gasteiger partial charge in [-0.25, -0.2) is 17.8 Å². The van der Waals surface area contributed by atoms with Crippen LogP contribution in [0.1, 0.15) is 5.82 Å². The molecule has 0 fully saturated rings. The van der Waals surface area contributed by atoms with Crippen molar-refractivity contribution in [3.8, 4) is 0 Å². The first-order valence-electron chi connectivity index (χ1n) is 5.80. The van der Waals surface area contributed by atoms with E-state index in [1.165, 1.54) is 13.1 Å². The maximum atomic E-state index is 13.8. The smallest absolute Gasteiger partial charge is 0.246 e. The third-order valence-electron chi connectivity index (χ3n) is 2.93.